The van der Waals surface area contributed by atoms with Gasteiger partial charge in [-0.1, -0.05) is 20.8 Å². The zero-order valence-electron chi connectivity index (χ0n) is 7.68. The van der Waals surface area contributed by atoms with Crippen LogP contribution in [0, 0.1) is 17.8 Å². The van der Waals surface area contributed by atoms with E-state index in [0.29, 0.717) is 17.6 Å². The smallest absolute Gasteiger partial charge is 0.136 e. The van der Waals surface area contributed by atoms with E-state index in [1.54, 1.807) is 0 Å². The molecule has 0 aromatic carbocycles. The molecule has 0 aromatic heterocycles. The van der Waals surface area contributed by atoms with Crippen molar-refractivity contribution in [2.75, 3.05) is 0 Å². The highest BCUT2D eigenvalue weighted by Crippen LogP contribution is 2.31. The molecule has 1 heteroatoms. The van der Waals surface area contributed by atoms with E-state index in [1.165, 1.54) is 5.92 Å². The SMILES string of the molecule is C[C]1CCC(C(C)C)C(=O)C1. The summed E-state index contributed by atoms with van der Waals surface area (Å²) in [6.45, 7) is 6.38. The van der Waals surface area contributed by atoms with Crippen LogP contribution in [0.4, 0.5) is 0 Å². The number of ketones is 1. The van der Waals surface area contributed by atoms with Gasteiger partial charge in [-0.25, -0.2) is 0 Å². The fourth-order valence-corrected chi connectivity index (χ4v) is 1.78. The zero-order chi connectivity index (χ0) is 8.43. The van der Waals surface area contributed by atoms with Gasteiger partial charge >= 0.3 is 0 Å². The topological polar surface area (TPSA) is 17.1 Å². The molecule has 1 saturated carbocycles. The molecule has 63 valence electrons. The van der Waals surface area contributed by atoms with Gasteiger partial charge in [0.2, 0.25) is 0 Å². The van der Waals surface area contributed by atoms with E-state index in [-0.39, 0.29) is 0 Å². The summed E-state index contributed by atoms with van der Waals surface area (Å²) in [5.74, 6) is 2.71. The number of carbonyl (C=O) groups is 1. The van der Waals surface area contributed by atoms with Crippen LogP contribution in [0.2, 0.25) is 0 Å². The quantitative estimate of drug-likeness (QED) is 0.566. The van der Waals surface area contributed by atoms with Crippen LogP contribution in [0.15, 0.2) is 0 Å². The summed E-state index contributed by atoms with van der Waals surface area (Å²) in [6.07, 6.45) is 2.99. The van der Waals surface area contributed by atoms with Gasteiger partial charge in [-0.05, 0) is 24.7 Å². The van der Waals surface area contributed by atoms with Crippen molar-refractivity contribution in [3.05, 3.63) is 5.92 Å². The van der Waals surface area contributed by atoms with Crippen molar-refractivity contribution >= 4 is 5.78 Å². The summed E-state index contributed by atoms with van der Waals surface area (Å²) >= 11 is 0. The van der Waals surface area contributed by atoms with Gasteiger partial charge in [0.05, 0.1) is 0 Å². The Hall–Kier alpha value is -0.330. The van der Waals surface area contributed by atoms with E-state index in [1.807, 2.05) is 0 Å². The van der Waals surface area contributed by atoms with Crippen molar-refractivity contribution in [2.45, 2.75) is 40.0 Å². The van der Waals surface area contributed by atoms with Gasteiger partial charge in [-0.2, -0.15) is 0 Å². The van der Waals surface area contributed by atoms with E-state index < -0.39 is 0 Å². The third-order valence-electron chi connectivity index (χ3n) is 2.58. The first-order valence-corrected chi connectivity index (χ1v) is 4.45. The summed E-state index contributed by atoms with van der Waals surface area (Å²) < 4.78 is 0. The summed E-state index contributed by atoms with van der Waals surface area (Å²) in [4.78, 5) is 11.4. The van der Waals surface area contributed by atoms with Crippen LogP contribution in [0.25, 0.3) is 0 Å². The van der Waals surface area contributed by atoms with Crippen LogP contribution in [-0.4, -0.2) is 5.78 Å². The van der Waals surface area contributed by atoms with Crippen molar-refractivity contribution in [3.63, 3.8) is 0 Å². The fourth-order valence-electron chi connectivity index (χ4n) is 1.78. The first kappa shape index (κ1) is 8.76. The van der Waals surface area contributed by atoms with E-state index in [4.69, 9.17) is 0 Å². The molecular weight excluding hydrogens is 136 g/mol. The molecule has 0 spiro atoms. The Labute approximate surface area is 69.2 Å². The van der Waals surface area contributed by atoms with Crippen molar-refractivity contribution in [2.24, 2.45) is 11.8 Å². The molecule has 0 N–H and O–H groups in total. The number of hydrogen-bond donors (Lipinski definition) is 0. The molecule has 1 atom stereocenters. The summed E-state index contributed by atoms with van der Waals surface area (Å²) in [5.41, 5.74) is 0. The molecule has 1 fully saturated rings. The minimum atomic E-state index is 0.346. The highest BCUT2D eigenvalue weighted by molar-refractivity contribution is 5.83. The highest BCUT2D eigenvalue weighted by Gasteiger charge is 2.28. The number of Topliss-reactive ketones (excluding diaryl/α,β-unsaturated/α-hetero) is 1. The second kappa shape index (κ2) is 3.38. The average molecular weight is 153 g/mol. The molecule has 0 aliphatic heterocycles. The van der Waals surface area contributed by atoms with Crippen LogP contribution >= 0.6 is 0 Å². The van der Waals surface area contributed by atoms with E-state index in [2.05, 4.69) is 20.8 Å². The first-order valence-electron chi connectivity index (χ1n) is 4.45. The maximum Gasteiger partial charge on any atom is 0.136 e. The third kappa shape index (κ3) is 2.05. The van der Waals surface area contributed by atoms with Crippen LogP contribution < -0.4 is 0 Å². The molecule has 1 aliphatic rings. The molecule has 0 aromatic rings. The van der Waals surface area contributed by atoms with Crippen LogP contribution in [0.1, 0.15) is 40.0 Å². The Morgan fingerprint density at radius 1 is 1.45 bits per heavy atom. The van der Waals surface area contributed by atoms with Crippen molar-refractivity contribution < 1.29 is 4.79 Å². The summed E-state index contributed by atoms with van der Waals surface area (Å²) in [6, 6.07) is 0. The van der Waals surface area contributed by atoms with Gasteiger partial charge in [-0.15, -0.1) is 0 Å². The average Bonchev–Trinajstić information content (AvgIpc) is 1.85. The predicted octanol–water partition coefficient (Wildman–Crippen LogP) is 2.61. The minimum Gasteiger partial charge on any atom is -0.299 e. The van der Waals surface area contributed by atoms with Gasteiger partial charge < -0.3 is 0 Å². The monoisotopic (exact) mass is 153 g/mol. The Bertz CT molecular complexity index is 149. The van der Waals surface area contributed by atoms with Gasteiger partial charge in [0, 0.05) is 12.3 Å². The fraction of sp³-hybridized carbons (Fsp3) is 0.800. The lowest BCUT2D eigenvalue weighted by Gasteiger charge is -2.27. The molecule has 1 aliphatic carbocycles. The molecule has 1 nitrogen and oxygen atoms in total. The van der Waals surface area contributed by atoms with E-state index in [0.717, 1.165) is 19.3 Å². The normalized spacial score (nSPS) is 28.0. The van der Waals surface area contributed by atoms with E-state index in [9.17, 15) is 4.79 Å². The molecule has 0 heterocycles. The Morgan fingerprint density at radius 3 is 2.55 bits per heavy atom. The van der Waals surface area contributed by atoms with Crippen molar-refractivity contribution in [1.29, 1.82) is 0 Å². The van der Waals surface area contributed by atoms with Gasteiger partial charge in [0.15, 0.2) is 0 Å². The molecule has 0 saturated heterocycles. The highest BCUT2D eigenvalue weighted by atomic mass is 16.1. The largest absolute Gasteiger partial charge is 0.299 e. The Kier molecular flexibility index (Phi) is 2.69. The third-order valence-corrected chi connectivity index (χ3v) is 2.58. The van der Waals surface area contributed by atoms with Gasteiger partial charge in [0.1, 0.15) is 5.78 Å². The molecule has 1 radical (unpaired) electrons. The second-order valence-electron chi connectivity index (χ2n) is 3.99. The van der Waals surface area contributed by atoms with Gasteiger partial charge in [-0.3, -0.25) is 4.79 Å². The molecule has 1 rings (SSSR count). The lowest BCUT2D eigenvalue weighted by molar-refractivity contribution is -0.125. The van der Waals surface area contributed by atoms with Crippen LogP contribution in [0.5, 0.6) is 0 Å². The minimum absolute atomic E-state index is 0.346. The standard InChI is InChI=1S/C10H17O/c1-7(2)9-5-4-8(3)6-10(9)11/h7,9H,4-6H2,1-3H3. The number of carbonyl (C=O) groups excluding carboxylic acids is 1. The summed E-state index contributed by atoms with van der Waals surface area (Å²) in [5, 5.41) is 0. The van der Waals surface area contributed by atoms with E-state index >= 15 is 0 Å². The van der Waals surface area contributed by atoms with Crippen molar-refractivity contribution in [3.8, 4) is 0 Å². The lowest BCUT2D eigenvalue weighted by Crippen LogP contribution is -2.26. The Morgan fingerprint density at radius 2 is 2.09 bits per heavy atom. The molecule has 0 amide bonds. The summed E-state index contributed by atoms with van der Waals surface area (Å²) in [7, 11) is 0. The molecule has 1 unspecified atom stereocenters. The van der Waals surface area contributed by atoms with Gasteiger partial charge in [0.25, 0.3) is 0 Å². The molecule has 0 bridgehead atoms. The first-order chi connectivity index (χ1) is 5.11. The molecule has 11 heavy (non-hydrogen) atoms. The van der Waals surface area contributed by atoms with Crippen molar-refractivity contribution in [1.82, 2.24) is 0 Å². The Balaban J connectivity index is 2.51. The lowest BCUT2D eigenvalue weighted by atomic mass is 9.77. The van der Waals surface area contributed by atoms with Crippen LogP contribution in [-0.2, 0) is 4.79 Å². The maximum atomic E-state index is 11.4. The van der Waals surface area contributed by atoms with Crippen LogP contribution in [0.3, 0.4) is 0 Å². The zero-order valence-corrected chi connectivity index (χ0v) is 7.68. The second-order valence-corrected chi connectivity index (χ2v) is 3.99. The maximum absolute atomic E-state index is 11.4. The predicted molar refractivity (Wildman–Crippen MR) is 46.1 cm³/mol. The number of hydrogen-bond acceptors (Lipinski definition) is 1. The number of rotatable bonds is 1. The molecular formula is C10H17O.